The Balaban J connectivity index is 1.84. The number of ether oxygens (including phenoxy) is 1. The predicted octanol–water partition coefficient (Wildman–Crippen LogP) is 1.92. The van der Waals surface area contributed by atoms with E-state index in [2.05, 4.69) is 26.8 Å². The van der Waals surface area contributed by atoms with Crippen LogP contribution in [-0.4, -0.2) is 22.1 Å². The summed E-state index contributed by atoms with van der Waals surface area (Å²) >= 11 is 0. The zero-order valence-corrected chi connectivity index (χ0v) is 12.0. The highest BCUT2D eigenvalue weighted by Gasteiger charge is 2.00. The van der Waals surface area contributed by atoms with Crippen LogP contribution in [0.3, 0.4) is 0 Å². The summed E-state index contributed by atoms with van der Waals surface area (Å²) in [5.41, 5.74) is 1.98. The maximum atomic E-state index is 11.7. The van der Waals surface area contributed by atoms with Crippen LogP contribution >= 0.6 is 0 Å². The standard InChI is InChI=1S/C17H13N3O2/c1-22-14-7-3-5-12(8-14)4-2-6-13-9-15-16(10-18-13)19-11-20-17(15)21/h3,5,7-11H,4H2,1H3,(H,19,20,21). The summed E-state index contributed by atoms with van der Waals surface area (Å²) in [7, 11) is 1.63. The minimum absolute atomic E-state index is 0.191. The third-order valence-electron chi connectivity index (χ3n) is 3.17. The van der Waals surface area contributed by atoms with Crippen molar-refractivity contribution >= 4 is 10.9 Å². The van der Waals surface area contributed by atoms with Crippen LogP contribution in [0, 0.1) is 11.8 Å². The van der Waals surface area contributed by atoms with Gasteiger partial charge in [0.15, 0.2) is 0 Å². The molecule has 0 aliphatic heterocycles. The predicted molar refractivity (Wildman–Crippen MR) is 83.7 cm³/mol. The number of aromatic nitrogens is 3. The summed E-state index contributed by atoms with van der Waals surface area (Å²) < 4.78 is 5.18. The van der Waals surface area contributed by atoms with Crippen LogP contribution in [0.4, 0.5) is 0 Å². The van der Waals surface area contributed by atoms with E-state index in [-0.39, 0.29) is 5.56 Å². The topological polar surface area (TPSA) is 67.9 Å². The smallest absolute Gasteiger partial charge is 0.258 e. The summed E-state index contributed by atoms with van der Waals surface area (Å²) in [6, 6.07) is 9.40. The second kappa shape index (κ2) is 6.10. The number of pyridine rings is 1. The minimum Gasteiger partial charge on any atom is -0.497 e. The van der Waals surface area contributed by atoms with E-state index >= 15 is 0 Å². The number of rotatable bonds is 2. The number of benzene rings is 1. The molecule has 0 fully saturated rings. The zero-order chi connectivity index (χ0) is 15.4. The Morgan fingerprint density at radius 3 is 3.05 bits per heavy atom. The van der Waals surface area contributed by atoms with E-state index in [1.54, 1.807) is 19.4 Å². The largest absolute Gasteiger partial charge is 0.497 e. The molecule has 0 aliphatic rings. The molecule has 1 N–H and O–H groups in total. The van der Waals surface area contributed by atoms with Crippen molar-refractivity contribution in [3.8, 4) is 17.6 Å². The van der Waals surface area contributed by atoms with Gasteiger partial charge in [0.2, 0.25) is 0 Å². The highest BCUT2D eigenvalue weighted by atomic mass is 16.5. The van der Waals surface area contributed by atoms with Gasteiger partial charge in [-0.25, -0.2) is 9.97 Å². The Morgan fingerprint density at radius 1 is 1.27 bits per heavy atom. The molecule has 0 aliphatic carbocycles. The number of hydrogen-bond donors (Lipinski definition) is 1. The average Bonchev–Trinajstić information content (AvgIpc) is 2.56. The first-order chi connectivity index (χ1) is 10.8. The van der Waals surface area contributed by atoms with Gasteiger partial charge in [-0.2, -0.15) is 0 Å². The normalized spacial score (nSPS) is 10.0. The van der Waals surface area contributed by atoms with E-state index in [1.165, 1.54) is 6.33 Å². The molecule has 5 heteroatoms. The van der Waals surface area contributed by atoms with Gasteiger partial charge in [-0.1, -0.05) is 18.1 Å². The van der Waals surface area contributed by atoms with Crippen molar-refractivity contribution in [3.63, 3.8) is 0 Å². The fraction of sp³-hybridized carbons (Fsp3) is 0.118. The minimum atomic E-state index is -0.191. The number of hydrogen-bond acceptors (Lipinski definition) is 4. The molecule has 2 heterocycles. The van der Waals surface area contributed by atoms with Crippen LogP contribution in [0.5, 0.6) is 5.75 Å². The molecule has 3 rings (SSSR count). The maximum Gasteiger partial charge on any atom is 0.258 e. The lowest BCUT2D eigenvalue weighted by molar-refractivity contribution is 0.414. The number of H-pyrrole nitrogens is 1. The number of nitrogens with one attached hydrogen (secondary N) is 1. The van der Waals surface area contributed by atoms with E-state index in [1.807, 2.05) is 24.3 Å². The molecule has 3 aromatic rings. The molecule has 1 aromatic carbocycles. The van der Waals surface area contributed by atoms with Crippen LogP contribution in [0.15, 0.2) is 47.7 Å². The van der Waals surface area contributed by atoms with Crippen molar-refractivity contribution < 1.29 is 4.74 Å². The first-order valence-corrected chi connectivity index (χ1v) is 6.71. The van der Waals surface area contributed by atoms with Crippen molar-refractivity contribution in [3.05, 3.63) is 64.5 Å². The molecule has 0 saturated heterocycles. The van der Waals surface area contributed by atoms with Crippen molar-refractivity contribution in [1.29, 1.82) is 0 Å². The van der Waals surface area contributed by atoms with Gasteiger partial charge >= 0.3 is 0 Å². The lowest BCUT2D eigenvalue weighted by atomic mass is 10.1. The van der Waals surface area contributed by atoms with Gasteiger partial charge in [0.05, 0.1) is 30.5 Å². The van der Waals surface area contributed by atoms with Crippen molar-refractivity contribution in [2.75, 3.05) is 7.11 Å². The number of nitrogens with zero attached hydrogens (tertiary/aromatic N) is 2. The number of methoxy groups -OCH3 is 1. The molecule has 0 spiro atoms. The maximum absolute atomic E-state index is 11.7. The third kappa shape index (κ3) is 2.96. The Kier molecular flexibility index (Phi) is 3.84. The van der Waals surface area contributed by atoms with E-state index < -0.39 is 0 Å². The monoisotopic (exact) mass is 291 g/mol. The molecule has 2 aromatic heterocycles. The fourth-order valence-corrected chi connectivity index (χ4v) is 2.06. The molecular formula is C17H13N3O2. The van der Waals surface area contributed by atoms with E-state index in [0.29, 0.717) is 23.0 Å². The fourth-order valence-electron chi connectivity index (χ4n) is 2.06. The first kappa shape index (κ1) is 13.8. The SMILES string of the molecule is COc1cccc(CC#Cc2cc3c(=O)[nH]cnc3cn2)c1. The van der Waals surface area contributed by atoms with Gasteiger partial charge in [-0.15, -0.1) is 0 Å². The van der Waals surface area contributed by atoms with Crippen molar-refractivity contribution in [2.24, 2.45) is 0 Å². The summed E-state index contributed by atoms with van der Waals surface area (Å²) in [4.78, 5) is 22.5. The van der Waals surface area contributed by atoms with Gasteiger partial charge in [0.1, 0.15) is 11.4 Å². The molecule has 0 unspecified atom stereocenters. The third-order valence-corrected chi connectivity index (χ3v) is 3.17. The van der Waals surface area contributed by atoms with Crippen LogP contribution in [0.1, 0.15) is 11.3 Å². The lowest BCUT2D eigenvalue weighted by Crippen LogP contribution is -2.06. The van der Waals surface area contributed by atoms with Crippen LogP contribution in [0.25, 0.3) is 10.9 Å². The Morgan fingerprint density at radius 2 is 2.18 bits per heavy atom. The van der Waals surface area contributed by atoms with E-state index in [0.717, 1.165) is 11.3 Å². The van der Waals surface area contributed by atoms with Crippen molar-refractivity contribution in [2.45, 2.75) is 6.42 Å². The van der Waals surface area contributed by atoms with Crippen LogP contribution in [-0.2, 0) is 6.42 Å². The molecule has 0 atom stereocenters. The van der Waals surface area contributed by atoms with Crippen LogP contribution < -0.4 is 10.3 Å². The lowest BCUT2D eigenvalue weighted by Gasteiger charge is -2.00. The molecule has 5 nitrogen and oxygen atoms in total. The van der Waals surface area contributed by atoms with Gasteiger partial charge < -0.3 is 9.72 Å². The molecule has 22 heavy (non-hydrogen) atoms. The molecule has 0 amide bonds. The molecule has 108 valence electrons. The first-order valence-electron chi connectivity index (χ1n) is 6.71. The highest BCUT2D eigenvalue weighted by molar-refractivity contribution is 5.77. The second-order valence-corrected chi connectivity index (χ2v) is 4.65. The van der Waals surface area contributed by atoms with Gasteiger partial charge in [-0.3, -0.25) is 4.79 Å². The van der Waals surface area contributed by atoms with Gasteiger partial charge in [-0.05, 0) is 29.7 Å². The quantitative estimate of drug-likeness (QED) is 0.732. The highest BCUT2D eigenvalue weighted by Crippen LogP contribution is 2.12. The van der Waals surface area contributed by atoms with E-state index in [9.17, 15) is 4.79 Å². The number of aromatic amines is 1. The summed E-state index contributed by atoms with van der Waals surface area (Å²) in [5.74, 6) is 6.83. The Labute approximate surface area is 127 Å². The van der Waals surface area contributed by atoms with Gasteiger partial charge in [0.25, 0.3) is 5.56 Å². The van der Waals surface area contributed by atoms with E-state index in [4.69, 9.17) is 4.74 Å². The Hall–Kier alpha value is -3.13. The summed E-state index contributed by atoms with van der Waals surface area (Å²) in [6.07, 6.45) is 3.50. The van der Waals surface area contributed by atoms with Gasteiger partial charge in [0, 0.05) is 6.42 Å². The second-order valence-electron chi connectivity index (χ2n) is 4.65. The van der Waals surface area contributed by atoms with Crippen molar-refractivity contribution in [1.82, 2.24) is 15.0 Å². The zero-order valence-electron chi connectivity index (χ0n) is 12.0. The van der Waals surface area contributed by atoms with Crippen LogP contribution in [0.2, 0.25) is 0 Å². The Bertz CT molecular complexity index is 936. The molecule has 0 radical (unpaired) electrons. The molecule has 0 saturated carbocycles. The molecular weight excluding hydrogens is 278 g/mol. The summed E-state index contributed by atoms with van der Waals surface area (Å²) in [5, 5.41) is 0.489. The summed E-state index contributed by atoms with van der Waals surface area (Å²) in [6.45, 7) is 0. The molecule has 0 bridgehead atoms. The number of fused-ring (bicyclic) bond motifs is 1. The average molecular weight is 291 g/mol.